The molecule has 240 valence electrons. The minimum Gasteiger partial charge on any atom is -0.380 e. The number of urea groups is 1. The number of nitrogens with zero attached hydrogens (tertiary/aromatic N) is 6. The molecule has 0 radical (unpaired) electrons. The summed E-state index contributed by atoms with van der Waals surface area (Å²) in [7, 11) is 0. The van der Waals surface area contributed by atoms with E-state index in [9.17, 15) is 14.7 Å². The third-order valence-electron chi connectivity index (χ3n) is 7.14. The molecule has 0 aliphatic rings. The Morgan fingerprint density at radius 1 is 1.02 bits per heavy atom. The van der Waals surface area contributed by atoms with Crippen LogP contribution in [-0.4, -0.2) is 57.1 Å². The van der Waals surface area contributed by atoms with Crippen molar-refractivity contribution in [1.29, 1.82) is 0 Å². The van der Waals surface area contributed by atoms with Gasteiger partial charge in [-0.15, -0.1) is 5.10 Å². The molecule has 5 aromatic rings. The van der Waals surface area contributed by atoms with Crippen molar-refractivity contribution in [3.05, 3.63) is 119 Å². The van der Waals surface area contributed by atoms with Gasteiger partial charge in [0.1, 0.15) is 10.4 Å². The number of benzene rings is 3. The molecule has 14 heteroatoms. The lowest BCUT2D eigenvalue weighted by Crippen LogP contribution is -2.51. The first-order chi connectivity index (χ1) is 22.6. The molecule has 0 saturated carbocycles. The number of hydrogen-bond donors (Lipinski definition) is 4. The predicted molar refractivity (Wildman–Crippen MR) is 188 cm³/mol. The summed E-state index contributed by atoms with van der Waals surface area (Å²) in [4.78, 5) is 25.7. The molecule has 2 atom stereocenters. The number of tetrazole rings is 1. The number of amides is 3. The number of alkyl halides is 1. The van der Waals surface area contributed by atoms with E-state index < -0.39 is 21.7 Å². The highest BCUT2D eigenvalue weighted by Gasteiger charge is 2.27. The van der Waals surface area contributed by atoms with Gasteiger partial charge in [-0.1, -0.05) is 54.1 Å². The summed E-state index contributed by atoms with van der Waals surface area (Å²) in [5, 5.41) is 38.9. The van der Waals surface area contributed by atoms with Crippen molar-refractivity contribution >= 4 is 57.9 Å². The number of aromatic nitrogens is 6. The van der Waals surface area contributed by atoms with E-state index in [1.54, 1.807) is 56.5 Å². The summed E-state index contributed by atoms with van der Waals surface area (Å²) in [5.74, 6) is -0.340. The van der Waals surface area contributed by atoms with E-state index >= 15 is 0 Å². The van der Waals surface area contributed by atoms with Crippen LogP contribution in [0.2, 0.25) is 5.02 Å². The zero-order chi connectivity index (χ0) is 33.4. The van der Waals surface area contributed by atoms with E-state index in [1.165, 1.54) is 17.1 Å². The number of aliphatic hydroxyl groups is 1. The molecule has 0 aliphatic carbocycles. The van der Waals surface area contributed by atoms with E-state index in [1.807, 2.05) is 71.1 Å². The number of hydrogen-bond acceptors (Lipinski definition) is 8. The van der Waals surface area contributed by atoms with Crippen molar-refractivity contribution in [1.82, 2.24) is 41.0 Å². The fourth-order valence-electron chi connectivity index (χ4n) is 4.58. The van der Waals surface area contributed by atoms with Gasteiger partial charge in [0.25, 0.3) is 0 Å². The molecule has 3 aromatic carbocycles. The SMILES string of the molecule is CC(C)(NC(=O)Nc1ccc(-c2cnnc(C(Cc3ccccc3)NC(=O)C=Cc3cc(Cl)ccc3-n3cnnn3)c2)cc1)C(O)I. The molecular formula is C33H31ClIN9O3. The summed E-state index contributed by atoms with van der Waals surface area (Å²) >= 11 is 8.09. The third-order valence-corrected chi connectivity index (χ3v) is 8.93. The van der Waals surface area contributed by atoms with Crippen molar-refractivity contribution in [2.45, 2.75) is 36.0 Å². The predicted octanol–water partition coefficient (Wildman–Crippen LogP) is 5.54. The highest BCUT2D eigenvalue weighted by atomic mass is 127. The number of rotatable bonds is 11. The van der Waals surface area contributed by atoms with Gasteiger partial charge >= 0.3 is 6.03 Å². The number of aliphatic hydroxyl groups excluding tert-OH is 1. The summed E-state index contributed by atoms with van der Waals surface area (Å²) in [6, 6.07) is 23.2. The highest BCUT2D eigenvalue weighted by Crippen LogP contribution is 2.25. The molecule has 4 N–H and O–H groups in total. The van der Waals surface area contributed by atoms with Gasteiger partial charge in [-0.3, -0.25) is 4.79 Å². The van der Waals surface area contributed by atoms with E-state index in [2.05, 4.69) is 41.7 Å². The average molecular weight is 764 g/mol. The Morgan fingerprint density at radius 2 is 1.79 bits per heavy atom. The third kappa shape index (κ3) is 9.18. The molecular weight excluding hydrogens is 733 g/mol. The summed E-state index contributed by atoms with van der Waals surface area (Å²) in [6.45, 7) is 3.47. The Bertz CT molecular complexity index is 1850. The molecule has 47 heavy (non-hydrogen) atoms. The molecule has 0 fully saturated rings. The van der Waals surface area contributed by atoms with Crippen LogP contribution in [0.5, 0.6) is 0 Å². The number of anilines is 1. The van der Waals surface area contributed by atoms with Gasteiger partial charge in [-0.2, -0.15) is 14.9 Å². The molecule has 0 spiro atoms. The Kier molecular flexibility index (Phi) is 10.9. The minimum atomic E-state index is -0.806. The van der Waals surface area contributed by atoms with E-state index in [0.717, 1.165) is 16.7 Å². The molecule has 2 unspecified atom stereocenters. The van der Waals surface area contributed by atoms with Crippen LogP contribution in [0, 0.1) is 0 Å². The normalized spacial score (nSPS) is 12.8. The lowest BCUT2D eigenvalue weighted by molar-refractivity contribution is -0.117. The first-order valence-electron chi connectivity index (χ1n) is 14.5. The van der Waals surface area contributed by atoms with Gasteiger partial charge in [0.05, 0.1) is 29.2 Å². The number of carbonyl (C=O) groups is 2. The van der Waals surface area contributed by atoms with E-state index in [0.29, 0.717) is 34.1 Å². The van der Waals surface area contributed by atoms with Crippen molar-refractivity contribution in [2.24, 2.45) is 0 Å². The zero-order valence-corrected chi connectivity index (χ0v) is 28.3. The second-order valence-electron chi connectivity index (χ2n) is 11.1. The van der Waals surface area contributed by atoms with Gasteiger partial charge in [-0.05, 0) is 107 Å². The zero-order valence-electron chi connectivity index (χ0n) is 25.4. The molecule has 2 heterocycles. The Morgan fingerprint density at radius 3 is 2.49 bits per heavy atom. The number of carbonyl (C=O) groups excluding carboxylic acids is 2. The first kappa shape index (κ1) is 33.6. The molecule has 5 rings (SSSR count). The number of nitrogens with one attached hydrogen (secondary N) is 3. The van der Waals surface area contributed by atoms with Crippen LogP contribution < -0.4 is 16.0 Å². The lowest BCUT2D eigenvalue weighted by atomic mass is 10.00. The smallest absolute Gasteiger partial charge is 0.319 e. The van der Waals surface area contributed by atoms with Gasteiger partial charge < -0.3 is 21.1 Å². The second kappa shape index (κ2) is 15.2. The van der Waals surface area contributed by atoms with E-state index in [4.69, 9.17) is 11.6 Å². The molecule has 2 aromatic heterocycles. The highest BCUT2D eigenvalue weighted by molar-refractivity contribution is 14.1. The van der Waals surface area contributed by atoms with Gasteiger partial charge in [0.15, 0.2) is 0 Å². The lowest BCUT2D eigenvalue weighted by Gasteiger charge is -2.28. The van der Waals surface area contributed by atoms with Crippen LogP contribution in [0.15, 0.2) is 97.5 Å². The van der Waals surface area contributed by atoms with Gasteiger partial charge in [-0.25, -0.2) is 4.79 Å². The maximum Gasteiger partial charge on any atom is 0.319 e. The van der Waals surface area contributed by atoms with Crippen LogP contribution in [0.25, 0.3) is 22.9 Å². The quantitative estimate of drug-likeness (QED) is 0.0776. The van der Waals surface area contributed by atoms with Gasteiger partial charge in [0, 0.05) is 27.9 Å². The topological polar surface area (TPSA) is 160 Å². The molecule has 12 nitrogen and oxygen atoms in total. The first-order valence-corrected chi connectivity index (χ1v) is 16.1. The molecule has 0 bridgehead atoms. The summed E-state index contributed by atoms with van der Waals surface area (Å²) in [5.41, 5.74) is 4.30. The van der Waals surface area contributed by atoms with Crippen molar-refractivity contribution in [3.8, 4) is 16.8 Å². The van der Waals surface area contributed by atoms with Crippen LogP contribution in [0.3, 0.4) is 0 Å². The fraction of sp³-hybridized carbons (Fsp3) is 0.182. The van der Waals surface area contributed by atoms with Crippen molar-refractivity contribution in [3.63, 3.8) is 0 Å². The van der Waals surface area contributed by atoms with Crippen LogP contribution in [0.1, 0.15) is 36.7 Å². The maximum atomic E-state index is 13.3. The second-order valence-corrected chi connectivity index (χ2v) is 12.7. The van der Waals surface area contributed by atoms with Crippen molar-refractivity contribution in [2.75, 3.05) is 5.32 Å². The van der Waals surface area contributed by atoms with E-state index in [-0.39, 0.29) is 5.91 Å². The summed E-state index contributed by atoms with van der Waals surface area (Å²) in [6.07, 6.45) is 6.66. The fourth-order valence-corrected chi connectivity index (χ4v) is 4.91. The summed E-state index contributed by atoms with van der Waals surface area (Å²) < 4.78 is 0.732. The average Bonchev–Trinajstić information content (AvgIpc) is 3.59. The molecule has 0 saturated heterocycles. The Labute approximate surface area is 289 Å². The van der Waals surface area contributed by atoms with Gasteiger partial charge in [0.2, 0.25) is 5.91 Å². The van der Waals surface area contributed by atoms with Crippen LogP contribution >= 0.6 is 34.2 Å². The van der Waals surface area contributed by atoms with Crippen LogP contribution in [0.4, 0.5) is 10.5 Å². The molecule has 0 aliphatic heterocycles. The number of halogens is 2. The monoisotopic (exact) mass is 763 g/mol. The minimum absolute atomic E-state index is 0.340. The van der Waals surface area contributed by atoms with Crippen LogP contribution in [-0.2, 0) is 11.2 Å². The maximum absolute atomic E-state index is 13.3. The standard InChI is InChI=1S/C33H31ClIN9O3/c1-33(2,31(35)46)40-32(47)38-26-12-8-22(9-13-26)24-18-28(41-36-19-24)27(16-21-6-4-3-5-7-21)39-30(45)15-10-23-17-25(34)11-14-29(23)44-20-37-42-43-44/h3-15,17-20,27,31,46H,16H2,1-2H3,(H,39,45)(H2,38,40,47). The Hall–Kier alpha value is -4.73. The Balaban J connectivity index is 1.34. The molecule has 3 amide bonds. The van der Waals surface area contributed by atoms with Crippen molar-refractivity contribution < 1.29 is 14.7 Å². The largest absolute Gasteiger partial charge is 0.380 e.